The molecule has 0 aliphatic carbocycles. The van der Waals surface area contributed by atoms with E-state index in [0.29, 0.717) is 6.54 Å². The van der Waals surface area contributed by atoms with Crippen LogP contribution < -0.4 is 16.0 Å². The lowest BCUT2D eigenvalue weighted by Gasteiger charge is -2.20. The van der Waals surface area contributed by atoms with Gasteiger partial charge in [-0.1, -0.05) is 13.8 Å². The summed E-state index contributed by atoms with van der Waals surface area (Å²) in [5, 5.41) is 9.53. The van der Waals surface area contributed by atoms with Crippen LogP contribution in [0.4, 0.5) is 0 Å². The van der Waals surface area contributed by atoms with E-state index in [1.54, 1.807) is 0 Å². The number of nitrogens with one attached hydrogen (secondary N) is 3. The second kappa shape index (κ2) is 7.63. The van der Waals surface area contributed by atoms with Crippen molar-refractivity contribution in [3.63, 3.8) is 0 Å². The van der Waals surface area contributed by atoms with Gasteiger partial charge in [0.15, 0.2) is 0 Å². The van der Waals surface area contributed by atoms with E-state index in [-0.39, 0.29) is 17.4 Å². The highest BCUT2D eigenvalue weighted by molar-refractivity contribution is 5.77. The summed E-state index contributed by atoms with van der Waals surface area (Å²) in [7, 11) is 0. The highest BCUT2D eigenvalue weighted by atomic mass is 16.1. The molecule has 0 fully saturated rings. The fraction of sp³-hybridized carbons (Fsp3) is 0.917. The van der Waals surface area contributed by atoms with Crippen molar-refractivity contribution in [3.05, 3.63) is 0 Å². The fourth-order valence-corrected chi connectivity index (χ4v) is 1.13. The standard InChI is InChI=1S/C12H27N3O/c1-10(2)11(16)14-8-6-13-7-9-15-12(3,4)5/h10,13,15H,6-9H2,1-5H3,(H,14,16). The number of rotatable bonds is 7. The number of carbonyl (C=O) groups excluding carboxylic acids is 1. The zero-order valence-electron chi connectivity index (χ0n) is 11.3. The van der Waals surface area contributed by atoms with E-state index in [1.165, 1.54) is 0 Å². The maximum absolute atomic E-state index is 11.2. The third-order valence-corrected chi connectivity index (χ3v) is 2.08. The molecule has 0 aliphatic heterocycles. The average Bonchev–Trinajstić information content (AvgIpc) is 2.14. The van der Waals surface area contributed by atoms with Gasteiger partial charge in [0.05, 0.1) is 0 Å². The minimum atomic E-state index is 0.0718. The number of amides is 1. The Hall–Kier alpha value is -0.610. The monoisotopic (exact) mass is 229 g/mol. The zero-order chi connectivity index (χ0) is 12.6. The summed E-state index contributed by atoms with van der Waals surface area (Å²) in [6, 6.07) is 0. The average molecular weight is 229 g/mol. The van der Waals surface area contributed by atoms with E-state index < -0.39 is 0 Å². The normalized spacial score (nSPS) is 11.9. The molecular weight excluding hydrogens is 202 g/mol. The molecule has 0 saturated heterocycles. The molecule has 0 saturated carbocycles. The second-order valence-corrected chi connectivity index (χ2v) is 5.37. The Labute approximate surface area is 99.6 Å². The lowest BCUT2D eigenvalue weighted by Crippen LogP contribution is -2.41. The van der Waals surface area contributed by atoms with Crippen LogP contribution in [0.3, 0.4) is 0 Å². The van der Waals surface area contributed by atoms with Crippen molar-refractivity contribution < 1.29 is 4.79 Å². The van der Waals surface area contributed by atoms with Crippen molar-refractivity contribution in [3.8, 4) is 0 Å². The zero-order valence-corrected chi connectivity index (χ0v) is 11.3. The third-order valence-electron chi connectivity index (χ3n) is 2.08. The molecule has 1 amide bonds. The Bertz CT molecular complexity index is 197. The molecule has 0 aromatic carbocycles. The summed E-state index contributed by atoms with van der Waals surface area (Å²) in [5.74, 6) is 0.192. The molecule has 0 bridgehead atoms. The highest BCUT2D eigenvalue weighted by Gasteiger charge is 2.07. The van der Waals surface area contributed by atoms with Gasteiger partial charge in [-0.3, -0.25) is 4.79 Å². The van der Waals surface area contributed by atoms with Crippen LogP contribution >= 0.6 is 0 Å². The van der Waals surface area contributed by atoms with Crippen molar-refractivity contribution in [2.75, 3.05) is 26.2 Å². The lowest BCUT2D eigenvalue weighted by molar-refractivity contribution is -0.123. The molecule has 4 nitrogen and oxygen atoms in total. The number of hydrogen-bond acceptors (Lipinski definition) is 3. The molecule has 0 radical (unpaired) electrons. The van der Waals surface area contributed by atoms with Gasteiger partial charge in [0.25, 0.3) is 0 Å². The van der Waals surface area contributed by atoms with Crippen LogP contribution in [-0.2, 0) is 4.79 Å². The highest BCUT2D eigenvalue weighted by Crippen LogP contribution is 1.96. The minimum Gasteiger partial charge on any atom is -0.355 e. The van der Waals surface area contributed by atoms with Gasteiger partial charge in [0.2, 0.25) is 5.91 Å². The molecule has 0 unspecified atom stereocenters. The van der Waals surface area contributed by atoms with Crippen LogP contribution in [0.2, 0.25) is 0 Å². The first-order valence-electron chi connectivity index (χ1n) is 6.06. The molecule has 0 aliphatic rings. The first-order chi connectivity index (χ1) is 7.33. The van der Waals surface area contributed by atoms with E-state index in [1.807, 2.05) is 13.8 Å². The Morgan fingerprint density at radius 3 is 2.12 bits per heavy atom. The first-order valence-corrected chi connectivity index (χ1v) is 6.06. The maximum atomic E-state index is 11.2. The Morgan fingerprint density at radius 1 is 1.06 bits per heavy atom. The molecule has 96 valence electrons. The smallest absolute Gasteiger partial charge is 0.222 e. The molecule has 0 heterocycles. The van der Waals surface area contributed by atoms with Crippen LogP contribution in [0.15, 0.2) is 0 Å². The van der Waals surface area contributed by atoms with Crippen molar-refractivity contribution in [2.45, 2.75) is 40.2 Å². The van der Waals surface area contributed by atoms with Crippen LogP contribution in [-0.4, -0.2) is 37.6 Å². The molecule has 4 heteroatoms. The Morgan fingerprint density at radius 2 is 1.62 bits per heavy atom. The fourth-order valence-electron chi connectivity index (χ4n) is 1.13. The van der Waals surface area contributed by atoms with Crippen molar-refractivity contribution in [1.29, 1.82) is 0 Å². The maximum Gasteiger partial charge on any atom is 0.222 e. The van der Waals surface area contributed by atoms with Gasteiger partial charge in [0, 0.05) is 37.6 Å². The van der Waals surface area contributed by atoms with Crippen LogP contribution in [0.5, 0.6) is 0 Å². The van der Waals surface area contributed by atoms with Crippen LogP contribution in [0.25, 0.3) is 0 Å². The van der Waals surface area contributed by atoms with E-state index >= 15 is 0 Å². The summed E-state index contributed by atoms with van der Waals surface area (Å²) in [6.45, 7) is 13.6. The summed E-state index contributed by atoms with van der Waals surface area (Å²) >= 11 is 0. The summed E-state index contributed by atoms with van der Waals surface area (Å²) in [6.07, 6.45) is 0. The minimum absolute atomic E-state index is 0.0718. The van der Waals surface area contributed by atoms with Crippen molar-refractivity contribution in [1.82, 2.24) is 16.0 Å². The molecule has 0 atom stereocenters. The SMILES string of the molecule is CC(C)C(=O)NCCNCCNC(C)(C)C. The predicted octanol–water partition coefficient (Wildman–Crippen LogP) is 0.736. The first kappa shape index (κ1) is 15.4. The van der Waals surface area contributed by atoms with Gasteiger partial charge in [-0.2, -0.15) is 0 Å². The third kappa shape index (κ3) is 9.93. The van der Waals surface area contributed by atoms with Gasteiger partial charge >= 0.3 is 0 Å². The van der Waals surface area contributed by atoms with E-state index in [9.17, 15) is 4.79 Å². The van der Waals surface area contributed by atoms with Gasteiger partial charge in [-0.05, 0) is 20.8 Å². The Kier molecular flexibility index (Phi) is 7.34. The molecule has 0 aromatic heterocycles. The molecular formula is C12H27N3O. The Balaban J connectivity index is 3.26. The summed E-state index contributed by atoms with van der Waals surface area (Å²) < 4.78 is 0. The molecule has 0 aromatic rings. The van der Waals surface area contributed by atoms with E-state index in [0.717, 1.165) is 19.6 Å². The summed E-state index contributed by atoms with van der Waals surface area (Å²) in [5.41, 5.74) is 0.174. The van der Waals surface area contributed by atoms with Gasteiger partial charge in [-0.25, -0.2) is 0 Å². The van der Waals surface area contributed by atoms with Crippen molar-refractivity contribution in [2.24, 2.45) is 5.92 Å². The predicted molar refractivity (Wildman–Crippen MR) is 68.5 cm³/mol. The van der Waals surface area contributed by atoms with Crippen molar-refractivity contribution >= 4 is 5.91 Å². The van der Waals surface area contributed by atoms with E-state index in [4.69, 9.17) is 0 Å². The molecule has 0 rings (SSSR count). The number of hydrogen-bond donors (Lipinski definition) is 3. The van der Waals surface area contributed by atoms with Gasteiger partial charge in [0.1, 0.15) is 0 Å². The largest absolute Gasteiger partial charge is 0.355 e. The summed E-state index contributed by atoms with van der Waals surface area (Å²) in [4.78, 5) is 11.2. The topological polar surface area (TPSA) is 53.2 Å². The van der Waals surface area contributed by atoms with E-state index in [2.05, 4.69) is 36.7 Å². The molecule has 16 heavy (non-hydrogen) atoms. The van der Waals surface area contributed by atoms with Crippen LogP contribution in [0.1, 0.15) is 34.6 Å². The second-order valence-electron chi connectivity index (χ2n) is 5.37. The van der Waals surface area contributed by atoms with Gasteiger partial charge in [-0.15, -0.1) is 0 Å². The molecule has 3 N–H and O–H groups in total. The van der Waals surface area contributed by atoms with Crippen LogP contribution in [0, 0.1) is 5.92 Å². The number of carbonyl (C=O) groups is 1. The molecule has 0 spiro atoms. The lowest BCUT2D eigenvalue weighted by atomic mass is 10.1. The quantitative estimate of drug-likeness (QED) is 0.564. The van der Waals surface area contributed by atoms with Gasteiger partial charge < -0.3 is 16.0 Å².